The first-order chi connectivity index (χ1) is 11.8. The topological polar surface area (TPSA) is 52.9 Å². The minimum Gasteiger partial charge on any atom is -0.395 e. The molecule has 0 aromatic rings. The monoisotopic (exact) mass is 345 g/mol. The average molecular weight is 346 g/mol. The van der Waals surface area contributed by atoms with Crippen LogP contribution in [0.15, 0.2) is 0 Å². The van der Waals surface area contributed by atoms with Crippen LogP contribution in [0.25, 0.3) is 0 Å². The molecule has 0 atom stereocenters. The SMILES string of the molecule is CCCCCCCCCCCCCCN(CCO)CCOCCO. The molecular formula is C20H43NO3. The lowest BCUT2D eigenvalue weighted by molar-refractivity contribution is 0.0689. The number of aliphatic hydroxyl groups excluding tert-OH is 2. The van der Waals surface area contributed by atoms with Gasteiger partial charge in [0.2, 0.25) is 0 Å². The molecule has 4 nitrogen and oxygen atoms in total. The van der Waals surface area contributed by atoms with E-state index in [0.717, 1.165) is 19.6 Å². The van der Waals surface area contributed by atoms with E-state index in [2.05, 4.69) is 11.8 Å². The van der Waals surface area contributed by atoms with E-state index in [-0.39, 0.29) is 13.2 Å². The van der Waals surface area contributed by atoms with E-state index in [4.69, 9.17) is 14.9 Å². The Balaban J connectivity index is 3.32. The highest BCUT2D eigenvalue weighted by molar-refractivity contribution is 4.58. The van der Waals surface area contributed by atoms with Gasteiger partial charge in [-0.25, -0.2) is 0 Å². The molecule has 0 aliphatic heterocycles. The molecule has 4 heteroatoms. The van der Waals surface area contributed by atoms with Crippen molar-refractivity contribution in [2.75, 3.05) is 46.1 Å². The second-order valence-electron chi connectivity index (χ2n) is 6.79. The Morgan fingerprint density at radius 2 is 1.12 bits per heavy atom. The third-order valence-electron chi connectivity index (χ3n) is 4.53. The molecule has 2 N–H and O–H groups in total. The molecule has 0 aromatic carbocycles. The van der Waals surface area contributed by atoms with Crippen molar-refractivity contribution < 1.29 is 14.9 Å². The van der Waals surface area contributed by atoms with E-state index in [1.54, 1.807) is 0 Å². The fourth-order valence-corrected chi connectivity index (χ4v) is 3.01. The van der Waals surface area contributed by atoms with Crippen molar-refractivity contribution in [3.05, 3.63) is 0 Å². The summed E-state index contributed by atoms with van der Waals surface area (Å²) in [6.07, 6.45) is 16.4. The van der Waals surface area contributed by atoms with E-state index in [9.17, 15) is 0 Å². The van der Waals surface area contributed by atoms with Gasteiger partial charge in [0, 0.05) is 13.1 Å². The summed E-state index contributed by atoms with van der Waals surface area (Å²) >= 11 is 0. The van der Waals surface area contributed by atoms with E-state index in [1.807, 2.05) is 0 Å². The molecule has 0 aliphatic carbocycles. The highest BCUT2D eigenvalue weighted by Gasteiger charge is 2.03. The third-order valence-corrected chi connectivity index (χ3v) is 4.53. The first kappa shape index (κ1) is 23.8. The summed E-state index contributed by atoms with van der Waals surface area (Å²) in [7, 11) is 0. The van der Waals surface area contributed by atoms with Crippen molar-refractivity contribution in [1.29, 1.82) is 0 Å². The second kappa shape index (κ2) is 20.9. The summed E-state index contributed by atoms with van der Waals surface area (Å²) in [5.41, 5.74) is 0. The molecule has 0 unspecified atom stereocenters. The number of hydrogen-bond donors (Lipinski definition) is 2. The Morgan fingerprint density at radius 3 is 1.62 bits per heavy atom. The lowest BCUT2D eigenvalue weighted by atomic mass is 10.1. The first-order valence-electron chi connectivity index (χ1n) is 10.4. The van der Waals surface area contributed by atoms with Crippen molar-refractivity contribution >= 4 is 0 Å². The van der Waals surface area contributed by atoms with Crippen LogP contribution in [-0.2, 0) is 4.74 Å². The van der Waals surface area contributed by atoms with Gasteiger partial charge in [0.1, 0.15) is 0 Å². The van der Waals surface area contributed by atoms with Crippen molar-refractivity contribution in [2.24, 2.45) is 0 Å². The molecule has 0 amide bonds. The Hall–Kier alpha value is -0.160. The quantitative estimate of drug-likeness (QED) is 0.328. The van der Waals surface area contributed by atoms with E-state index < -0.39 is 0 Å². The molecule has 0 saturated carbocycles. The van der Waals surface area contributed by atoms with Gasteiger partial charge in [-0.05, 0) is 13.0 Å². The van der Waals surface area contributed by atoms with Gasteiger partial charge in [0.25, 0.3) is 0 Å². The lowest BCUT2D eigenvalue weighted by Gasteiger charge is -2.21. The van der Waals surface area contributed by atoms with Crippen molar-refractivity contribution in [3.63, 3.8) is 0 Å². The zero-order valence-corrected chi connectivity index (χ0v) is 16.2. The molecule has 0 spiro atoms. The van der Waals surface area contributed by atoms with Crippen LogP contribution in [0.4, 0.5) is 0 Å². The molecule has 0 saturated heterocycles. The van der Waals surface area contributed by atoms with Crippen molar-refractivity contribution in [3.8, 4) is 0 Å². The van der Waals surface area contributed by atoms with Gasteiger partial charge in [-0.1, -0.05) is 77.6 Å². The fourth-order valence-electron chi connectivity index (χ4n) is 3.01. The van der Waals surface area contributed by atoms with Gasteiger partial charge >= 0.3 is 0 Å². The van der Waals surface area contributed by atoms with E-state index >= 15 is 0 Å². The van der Waals surface area contributed by atoms with Gasteiger partial charge in [-0.3, -0.25) is 4.90 Å². The number of aliphatic hydroxyl groups is 2. The number of nitrogens with zero attached hydrogens (tertiary/aromatic N) is 1. The summed E-state index contributed by atoms with van der Waals surface area (Å²) in [6.45, 7) is 6.22. The molecule has 24 heavy (non-hydrogen) atoms. The van der Waals surface area contributed by atoms with Gasteiger partial charge in [0.15, 0.2) is 0 Å². The van der Waals surface area contributed by atoms with Crippen LogP contribution in [0, 0.1) is 0 Å². The fraction of sp³-hybridized carbons (Fsp3) is 1.00. The first-order valence-corrected chi connectivity index (χ1v) is 10.4. The molecule has 0 heterocycles. The molecule has 0 aliphatic rings. The van der Waals surface area contributed by atoms with Crippen LogP contribution >= 0.6 is 0 Å². The minimum absolute atomic E-state index is 0.0821. The summed E-state index contributed by atoms with van der Waals surface area (Å²) in [6, 6.07) is 0. The maximum atomic E-state index is 9.11. The molecular weight excluding hydrogens is 302 g/mol. The number of hydrogen-bond acceptors (Lipinski definition) is 4. The van der Waals surface area contributed by atoms with Crippen LogP contribution in [0.5, 0.6) is 0 Å². The van der Waals surface area contributed by atoms with Gasteiger partial charge in [-0.2, -0.15) is 0 Å². The summed E-state index contributed by atoms with van der Waals surface area (Å²) in [4.78, 5) is 2.26. The highest BCUT2D eigenvalue weighted by Crippen LogP contribution is 2.12. The van der Waals surface area contributed by atoms with Crippen LogP contribution < -0.4 is 0 Å². The van der Waals surface area contributed by atoms with Crippen molar-refractivity contribution in [2.45, 2.75) is 84.0 Å². The Bertz CT molecular complexity index is 227. The normalized spacial score (nSPS) is 11.5. The van der Waals surface area contributed by atoms with Gasteiger partial charge < -0.3 is 14.9 Å². The maximum absolute atomic E-state index is 9.11. The smallest absolute Gasteiger partial charge is 0.0698 e. The summed E-state index contributed by atoms with van der Waals surface area (Å²) in [5.74, 6) is 0. The van der Waals surface area contributed by atoms with Crippen LogP contribution in [0.3, 0.4) is 0 Å². The van der Waals surface area contributed by atoms with Crippen LogP contribution in [-0.4, -0.2) is 61.2 Å². The van der Waals surface area contributed by atoms with Gasteiger partial charge in [0.05, 0.1) is 26.4 Å². The number of unbranched alkanes of at least 4 members (excludes halogenated alkanes) is 11. The second-order valence-corrected chi connectivity index (χ2v) is 6.79. The zero-order chi connectivity index (χ0) is 17.7. The standard InChI is InChI=1S/C20H43NO3/c1-2-3-4-5-6-7-8-9-10-11-12-13-14-21(15-17-22)16-19-24-20-18-23/h22-23H,2-20H2,1H3. The average Bonchev–Trinajstić information content (AvgIpc) is 2.59. The van der Waals surface area contributed by atoms with Crippen LogP contribution in [0.2, 0.25) is 0 Å². The van der Waals surface area contributed by atoms with E-state index in [0.29, 0.717) is 13.2 Å². The zero-order valence-electron chi connectivity index (χ0n) is 16.2. The van der Waals surface area contributed by atoms with E-state index in [1.165, 1.54) is 77.0 Å². The lowest BCUT2D eigenvalue weighted by Crippen LogP contribution is -2.31. The summed E-state index contributed by atoms with van der Waals surface area (Å²) < 4.78 is 5.30. The highest BCUT2D eigenvalue weighted by atomic mass is 16.5. The van der Waals surface area contributed by atoms with Crippen molar-refractivity contribution in [1.82, 2.24) is 4.90 Å². The maximum Gasteiger partial charge on any atom is 0.0698 e. The Morgan fingerprint density at radius 1 is 0.583 bits per heavy atom. The molecule has 0 bridgehead atoms. The number of ether oxygens (including phenoxy) is 1. The summed E-state index contributed by atoms with van der Waals surface area (Å²) in [5, 5.41) is 17.8. The molecule has 0 rings (SSSR count). The predicted molar refractivity (Wildman–Crippen MR) is 103 cm³/mol. The molecule has 0 fully saturated rings. The largest absolute Gasteiger partial charge is 0.395 e. The Labute approximate surface area is 150 Å². The molecule has 0 radical (unpaired) electrons. The molecule has 146 valence electrons. The predicted octanol–water partition coefficient (Wildman–Crippen LogP) is 3.99. The Kier molecular flexibility index (Phi) is 20.7. The number of rotatable bonds is 20. The molecule has 0 aromatic heterocycles. The van der Waals surface area contributed by atoms with Gasteiger partial charge in [-0.15, -0.1) is 0 Å². The minimum atomic E-state index is 0.0821. The third kappa shape index (κ3) is 18.2. The van der Waals surface area contributed by atoms with Crippen LogP contribution in [0.1, 0.15) is 84.0 Å².